The van der Waals surface area contributed by atoms with E-state index in [2.05, 4.69) is 38.1 Å². The molecule has 59 heavy (non-hydrogen) atoms. The van der Waals surface area contributed by atoms with Crippen molar-refractivity contribution in [1.29, 1.82) is 0 Å². The van der Waals surface area contributed by atoms with Crippen LogP contribution < -0.4 is 35.6 Å². The van der Waals surface area contributed by atoms with Gasteiger partial charge in [-0.05, 0) is 84.6 Å². The average molecular weight is 813 g/mol. The number of rotatable bonds is 23. The molecule has 0 unspecified atom stereocenters. The summed E-state index contributed by atoms with van der Waals surface area (Å²) in [5.74, 6) is 1.14. The van der Waals surface area contributed by atoms with E-state index in [0.717, 1.165) is 18.4 Å². The number of fused-ring (bicyclic) bond motifs is 1. The number of anilines is 2. The number of carbonyl (C=O) groups is 4. The number of aliphatic imine (C=N–C) groups is 1. The van der Waals surface area contributed by atoms with Gasteiger partial charge in [0.1, 0.15) is 53.2 Å². The Bertz CT molecular complexity index is 2150. The lowest BCUT2D eigenvalue weighted by atomic mass is 10.1. The van der Waals surface area contributed by atoms with E-state index in [1.54, 1.807) is 42.1 Å². The fourth-order valence-corrected chi connectivity index (χ4v) is 6.11. The molecule has 316 valence electrons. The maximum absolute atomic E-state index is 13.4. The molecule has 0 saturated carbocycles. The monoisotopic (exact) mass is 812 g/mol. The van der Waals surface area contributed by atoms with Crippen molar-refractivity contribution in [2.24, 2.45) is 4.99 Å². The van der Waals surface area contributed by atoms with Crippen LogP contribution in [-0.2, 0) is 17.8 Å². The highest BCUT2D eigenvalue weighted by molar-refractivity contribution is 5.93. The highest BCUT2D eigenvalue weighted by Gasteiger charge is 2.21. The lowest BCUT2D eigenvalue weighted by Gasteiger charge is -2.27. The molecule has 0 fully saturated rings. The topological polar surface area (TPSA) is 195 Å². The van der Waals surface area contributed by atoms with E-state index in [-0.39, 0.29) is 19.2 Å². The van der Waals surface area contributed by atoms with Crippen LogP contribution in [0.1, 0.15) is 71.0 Å². The number of amides is 2. The smallest absolute Gasteiger partial charge is 0.407 e. The summed E-state index contributed by atoms with van der Waals surface area (Å²) < 4.78 is 20.7. The second-order valence-electron chi connectivity index (χ2n) is 14.3. The van der Waals surface area contributed by atoms with E-state index in [0.29, 0.717) is 102 Å². The number of nitrogens with zero attached hydrogens (tertiary/aromatic N) is 6. The maximum atomic E-state index is 13.4. The third kappa shape index (κ3) is 12.8. The van der Waals surface area contributed by atoms with Crippen LogP contribution in [0.4, 0.5) is 22.1 Å². The van der Waals surface area contributed by atoms with Crippen molar-refractivity contribution in [2.45, 2.75) is 59.7 Å². The van der Waals surface area contributed by atoms with E-state index < -0.39 is 11.7 Å². The van der Waals surface area contributed by atoms with E-state index in [1.165, 1.54) is 7.11 Å². The van der Waals surface area contributed by atoms with Crippen molar-refractivity contribution in [3.8, 4) is 11.5 Å². The molecule has 2 amide bonds. The molecular weight excluding hydrogens is 757 g/mol. The number of allylic oxidation sites excluding steroid dienone is 1. The molecule has 0 bridgehead atoms. The van der Waals surface area contributed by atoms with Crippen LogP contribution in [0.5, 0.6) is 11.5 Å². The Morgan fingerprint density at radius 2 is 1.73 bits per heavy atom. The average Bonchev–Trinajstić information content (AvgIpc) is 3.79. The molecule has 4 aromatic rings. The van der Waals surface area contributed by atoms with Crippen LogP contribution in [-0.4, -0.2) is 110 Å². The molecule has 2 aromatic carbocycles. The summed E-state index contributed by atoms with van der Waals surface area (Å²) in [7, 11) is 3.26. The van der Waals surface area contributed by atoms with Crippen LogP contribution in [0.2, 0.25) is 0 Å². The quantitative estimate of drug-likeness (QED) is 0.0243. The van der Waals surface area contributed by atoms with Crippen molar-refractivity contribution in [2.75, 3.05) is 63.8 Å². The van der Waals surface area contributed by atoms with Gasteiger partial charge in [-0.25, -0.2) is 9.78 Å². The van der Waals surface area contributed by atoms with Crippen molar-refractivity contribution in [3.05, 3.63) is 77.2 Å². The fourth-order valence-electron chi connectivity index (χ4n) is 6.11. The largest absolute Gasteiger partial charge is 0.494 e. The van der Waals surface area contributed by atoms with Gasteiger partial charge in [0.2, 0.25) is 5.95 Å². The number of imidazole rings is 1. The number of aromatic nitrogens is 4. The first-order valence-electron chi connectivity index (χ1n) is 19.3. The van der Waals surface area contributed by atoms with Crippen LogP contribution in [0, 0.1) is 6.92 Å². The minimum absolute atomic E-state index is 0.0625. The van der Waals surface area contributed by atoms with Crippen molar-refractivity contribution < 1.29 is 33.4 Å². The number of nitrogens with one attached hydrogen (secondary N) is 4. The van der Waals surface area contributed by atoms with Crippen molar-refractivity contribution >= 4 is 59.6 Å². The van der Waals surface area contributed by atoms with E-state index in [4.69, 9.17) is 19.2 Å². The van der Waals surface area contributed by atoms with Crippen LogP contribution in [0.25, 0.3) is 11.0 Å². The molecule has 0 atom stereocenters. The maximum Gasteiger partial charge on any atom is 0.407 e. The van der Waals surface area contributed by atoms with Crippen molar-refractivity contribution in [3.63, 3.8) is 0 Å². The summed E-state index contributed by atoms with van der Waals surface area (Å²) in [5, 5.41) is 16.6. The second kappa shape index (κ2) is 21.9. The predicted octanol–water partition coefficient (Wildman–Crippen LogP) is 5.46. The summed E-state index contributed by atoms with van der Waals surface area (Å²) in [6.07, 6.45) is 9.49. The Balaban J connectivity index is 1.48. The minimum Gasteiger partial charge on any atom is -0.494 e. The highest BCUT2D eigenvalue weighted by atomic mass is 16.6. The number of hydrogen-bond donors (Lipinski definition) is 4. The summed E-state index contributed by atoms with van der Waals surface area (Å²) >= 11 is 0. The third-order valence-electron chi connectivity index (χ3n) is 8.72. The van der Waals surface area contributed by atoms with Crippen LogP contribution in [0.3, 0.4) is 0 Å². The summed E-state index contributed by atoms with van der Waals surface area (Å²) in [5.41, 5.74) is 3.65. The molecule has 17 nitrogen and oxygen atoms in total. The fraction of sp³-hybridized carbons (Fsp3) is 0.405. The lowest BCUT2D eigenvalue weighted by molar-refractivity contribution is 0.0527. The summed E-state index contributed by atoms with van der Waals surface area (Å²) in [6, 6.07) is 8.35. The zero-order chi connectivity index (χ0) is 43.0. The first-order valence-corrected chi connectivity index (χ1v) is 19.3. The van der Waals surface area contributed by atoms with Gasteiger partial charge < -0.3 is 44.9 Å². The number of ether oxygens (including phenoxy) is 3. The molecule has 0 aliphatic heterocycles. The van der Waals surface area contributed by atoms with E-state index >= 15 is 0 Å². The number of benzene rings is 2. The third-order valence-corrected chi connectivity index (χ3v) is 8.72. The zero-order valence-electron chi connectivity index (χ0n) is 35.0. The molecule has 0 aliphatic rings. The number of hydrogen-bond acceptors (Lipinski definition) is 13. The Labute approximate surface area is 344 Å². The van der Waals surface area contributed by atoms with Crippen LogP contribution >= 0.6 is 0 Å². The summed E-state index contributed by atoms with van der Waals surface area (Å²) in [4.78, 5) is 59.5. The van der Waals surface area contributed by atoms with Gasteiger partial charge in [-0.15, -0.1) is 0 Å². The van der Waals surface area contributed by atoms with Crippen molar-refractivity contribution in [1.82, 2.24) is 35.3 Å². The molecule has 0 aliphatic carbocycles. The number of carbonyl (C=O) groups excluding carboxylic acids is 4. The molecule has 0 spiro atoms. The van der Waals surface area contributed by atoms with Crippen LogP contribution in [0.15, 0.2) is 59.6 Å². The number of aldehydes is 2. The molecule has 0 radical (unpaired) electrons. The van der Waals surface area contributed by atoms with Gasteiger partial charge in [-0.1, -0.05) is 24.3 Å². The minimum atomic E-state index is -0.536. The first kappa shape index (κ1) is 45.2. The normalized spacial score (nSPS) is 11.5. The molecule has 17 heteroatoms. The predicted molar refractivity (Wildman–Crippen MR) is 230 cm³/mol. The molecule has 2 aromatic heterocycles. The summed E-state index contributed by atoms with van der Waals surface area (Å²) in [6.45, 7) is 16.2. The molecule has 0 saturated heterocycles. The molecule has 4 N–H and O–H groups in total. The Kier molecular flexibility index (Phi) is 16.8. The van der Waals surface area contributed by atoms with Gasteiger partial charge >= 0.3 is 6.09 Å². The van der Waals surface area contributed by atoms with Gasteiger partial charge in [0, 0.05) is 50.9 Å². The zero-order valence-corrected chi connectivity index (χ0v) is 35.0. The first-order chi connectivity index (χ1) is 28.4. The lowest BCUT2D eigenvalue weighted by Crippen LogP contribution is -2.39. The van der Waals surface area contributed by atoms with E-state index in [1.807, 2.05) is 68.4 Å². The molecule has 2 heterocycles. The Hall–Kier alpha value is -6.49. The standard InChI is InChI=1S/C42H56N10O7/c1-9-52-34(21-29(2)49-52)39(55)47-28-50(37-32(43-6)22-30(26-53)24-35(37)57-8)18-11-12-19-51-38-33(48-40(51)44-7)23-31(27-54)25-36(38)58-20-13-10-15-45-16-14-17-46-41(56)59-42(3,4)5/h10-13,21-27,45H,6,9,14-20,28H2,1-5,7-8H3,(H,44,48)(H,46,56)(H,47,55)/b12-11+,13-10+. The van der Waals surface area contributed by atoms with E-state index in [9.17, 15) is 19.2 Å². The number of alkyl carbamates (subject to hydrolysis) is 1. The van der Waals surface area contributed by atoms with Gasteiger partial charge in [-0.2, -0.15) is 5.10 Å². The molecule has 4 rings (SSSR count). The van der Waals surface area contributed by atoms with Gasteiger partial charge in [0.05, 0.1) is 30.7 Å². The van der Waals surface area contributed by atoms with Gasteiger partial charge in [0.25, 0.3) is 5.91 Å². The highest BCUT2D eigenvalue weighted by Crippen LogP contribution is 2.39. The van der Waals surface area contributed by atoms with Gasteiger partial charge in [0.15, 0.2) is 0 Å². The second-order valence-corrected chi connectivity index (χ2v) is 14.3. The number of aryl methyl sites for hydroxylation is 2. The molecular formula is C42H56N10O7. The Morgan fingerprint density at radius 3 is 2.41 bits per heavy atom. The SMILES string of the molecule is C=Nc1cc(C=O)cc(OC)c1N(C/C=C/Cn1c(NC)nc2cc(C=O)cc(OC/C=C/CNCCCNC(=O)OC(C)(C)C)c21)CNC(=O)c1cc(C)nn1CC. The Morgan fingerprint density at radius 1 is 0.983 bits per heavy atom. The van der Waals surface area contributed by atoms with Gasteiger partial charge in [-0.3, -0.25) is 24.1 Å². The number of methoxy groups -OCH3 is 1.